The lowest BCUT2D eigenvalue weighted by Gasteiger charge is -2.34. The molecule has 2 aromatic heterocycles. The number of pyridine rings is 1. The van der Waals surface area contributed by atoms with E-state index in [1.165, 1.54) is 0 Å². The average Bonchev–Trinajstić information content (AvgIpc) is 3.11. The number of hydrogen-bond acceptors (Lipinski definition) is 5. The molecule has 3 aromatic rings. The van der Waals surface area contributed by atoms with E-state index in [0.29, 0.717) is 53.9 Å². The second-order valence-corrected chi connectivity index (χ2v) is 6.75. The highest BCUT2D eigenvalue weighted by Gasteiger charge is 2.23. The molecule has 0 atom stereocenters. The first-order chi connectivity index (χ1) is 13.0. The number of aromatic nitrogens is 2. The Morgan fingerprint density at radius 2 is 1.81 bits per heavy atom. The molecule has 0 bridgehead atoms. The monoisotopic (exact) mass is 384 g/mol. The van der Waals surface area contributed by atoms with Crippen molar-refractivity contribution in [2.45, 2.75) is 6.92 Å². The fourth-order valence-corrected chi connectivity index (χ4v) is 3.30. The highest BCUT2D eigenvalue weighted by Crippen LogP contribution is 2.26. The Kier molecular flexibility index (Phi) is 4.53. The highest BCUT2D eigenvalue weighted by atomic mass is 35.5. The second kappa shape index (κ2) is 7.00. The van der Waals surface area contributed by atoms with Gasteiger partial charge >= 0.3 is 0 Å². The van der Waals surface area contributed by atoms with Crippen LogP contribution in [0.4, 0.5) is 0 Å². The maximum Gasteiger partial charge on any atom is 0.254 e. The first-order valence-corrected chi connectivity index (χ1v) is 8.96. The Hall–Kier alpha value is -2.93. The molecule has 2 amide bonds. The minimum Gasteiger partial charge on any atom is -0.436 e. The summed E-state index contributed by atoms with van der Waals surface area (Å²) < 4.78 is 5.76. The molecule has 1 aliphatic heterocycles. The number of carbonyl (C=O) groups is 2. The van der Waals surface area contributed by atoms with Crippen molar-refractivity contribution in [3.05, 3.63) is 47.2 Å². The standard InChI is InChI=1S/C19H17ClN4O3/c1-12(25)23-6-8-24(9-7-23)19(26)14-2-3-16-15(10-14)22-18(27-16)13-4-5-21-17(20)11-13/h2-5,10-11H,6-9H2,1H3. The van der Waals surface area contributed by atoms with E-state index in [9.17, 15) is 9.59 Å². The fourth-order valence-electron chi connectivity index (χ4n) is 3.13. The van der Waals surface area contributed by atoms with E-state index in [1.54, 1.807) is 53.3 Å². The molecule has 0 unspecified atom stereocenters. The van der Waals surface area contributed by atoms with Crippen LogP contribution in [0, 0.1) is 0 Å². The van der Waals surface area contributed by atoms with Gasteiger partial charge in [0.25, 0.3) is 5.91 Å². The van der Waals surface area contributed by atoms with Crippen LogP contribution in [0.3, 0.4) is 0 Å². The molecule has 27 heavy (non-hydrogen) atoms. The van der Waals surface area contributed by atoms with Crippen LogP contribution in [0.15, 0.2) is 40.9 Å². The van der Waals surface area contributed by atoms with E-state index >= 15 is 0 Å². The highest BCUT2D eigenvalue weighted by molar-refractivity contribution is 6.29. The van der Waals surface area contributed by atoms with Gasteiger partial charge in [0, 0.05) is 50.4 Å². The Balaban J connectivity index is 1.57. The van der Waals surface area contributed by atoms with Gasteiger partial charge in [-0.15, -0.1) is 0 Å². The van der Waals surface area contributed by atoms with Crippen molar-refractivity contribution in [3.63, 3.8) is 0 Å². The molecular formula is C19H17ClN4O3. The number of benzene rings is 1. The zero-order chi connectivity index (χ0) is 19.0. The first kappa shape index (κ1) is 17.5. The van der Waals surface area contributed by atoms with Crippen molar-refractivity contribution < 1.29 is 14.0 Å². The maximum absolute atomic E-state index is 12.8. The first-order valence-electron chi connectivity index (χ1n) is 8.58. The molecule has 4 rings (SSSR count). The predicted molar refractivity (Wildman–Crippen MR) is 100 cm³/mol. The Morgan fingerprint density at radius 1 is 1.07 bits per heavy atom. The molecule has 0 spiro atoms. The number of fused-ring (bicyclic) bond motifs is 1. The fraction of sp³-hybridized carbons (Fsp3) is 0.263. The molecule has 138 valence electrons. The molecule has 1 aromatic carbocycles. The van der Waals surface area contributed by atoms with Crippen LogP contribution in [-0.2, 0) is 4.79 Å². The molecular weight excluding hydrogens is 368 g/mol. The van der Waals surface area contributed by atoms with Crippen LogP contribution in [0.1, 0.15) is 17.3 Å². The third kappa shape index (κ3) is 3.50. The summed E-state index contributed by atoms with van der Waals surface area (Å²) in [6, 6.07) is 8.64. The van der Waals surface area contributed by atoms with Crippen LogP contribution in [0.5, 0.6) is 0 Å². The molecule has 3 heterocycles. The lowest BCUT2D eigenvalue weighted by Crippen LogP contribution is -2.50. The largest absolute Gasteiger partial charge is 0.436 e. The van der Waals surface area contributed by atoms with Crippen LogP contribution in [-0.4, -0.2) is 57.8 Å². The number of amides is 2. The number of carbonyl (C=O) groups excluding carboxylic acids is 2. The SMILES string of the molecule is CC(=O)N1CCN(C(=O)c2ccc3oc(-c4ccnc(Cl)c4)nc3c2)CC1. The van der Waals surface area contributed by atoms with E-state index in [4.69, 9.17) is 16.0 Å². The van der Waals surface area contributed by atoms with E-state index in [1.807, 2.05) is 0 Å². The summed E-state index contributed by atoms with van der Waals surface area (Å²) in [7, 11) is 0. The number of oxazole rings is 1. The molecule has 1 aliphatic rings. The summed E-state index contributed by atoms with van der Waals surface area (Å²) >= 11 is 5.92. The van der Waals surface area contributed by atoms with Gasteiger partial charge in [0.1, 0.15) is 10.7 Å². The van der Waals surface area contributed by atoms with Gasteiger partial charge in [0.15, 0.2) is 5.58 Å². The number of hydrogen-bond donors (Lipinski definition) is 0. The summed E-state index contributed by atoms with van der Waals surface area (Å²) in [6.45, 7) is 3.70. The van der Waals surface area contributed by atoms with E-state index < -0.39 is 0 Å². The third-order valence-corrected chi connectivity index (χ3v) is 4.83. The lowest BCUT2D eigenvalue weighted by atomic mass is 10.1. The molecule has 0 radical (unpaired) electrons. The average molecular weight is 385 g/mol. The smallest absolute Gasteiger partial charge is 0.254 e. The van der Waals surface area contributed by atoms with Gasteiger partial charge in [0.05, 0.1) is 0 Å². The molecule has 1 fully saturated rings. The van der Waals surface area contributed by atoms with E-state index in [-0.39, 0.29) is 11.8 Å². The normalized spacial score (nSPS) is 14.6. The summed E-state index contributed by atoms with van der Waals surface area (Å²) in [5.74, 6) is 0.389. The van der Waals surface area contributed by atoms with Gasteiger partial charge < -0.3 is 14.2 Å². The van der Waals surface area contributed by atoms with Gasteiger partial charge in [0.2, 0.25) is 11.8 Å². The molecule has 8 heteroatoms. The zero-order valence-electron chi connectivity index (χ0n) is 14.7. The Bertz CT molecular complexity index is 1020. The molecule has 0 saturated carbocycles. The van der Waals surface area contributed by atoms with Gasteiger partial charge in [-0.2, -0.15) is 0 Å². The van der Waals surface area contributed by atoms with Crippen LogP contribution in [0.2, 0.25) is 5.15 Å². The zero-order valence-corrected chi connectivity index (χ0v) is 15.4. The predicted octanol–water partition coefficient (Wildman–Crippen LogP) is 2.85. The minimum absolute atomic E-state index is 0.0369. The van der Waals surface area contributed by atoms with Crippen molar-refractivity contribution >= 4 is 34.5 Å². The minimum atomic E-state index is -0.0726. The van der Waals surface area contributed by atoms with E-state index in [0.717, 1.165) is 5.56 Å². The van der Waals surface area contributed by atoms with Gasteiger partial charge in [-0.05, 0) is 30.3 Å². The van der Waals surface area contributed by atoms with Crippen LogP contribution >= 0.6 is 11.6 Å². The summed E-state index contributed by atoms with van der Waals surface area (Å²) in [6.07, 6.45) is 1.59. The van der Waals surface area contributed by atoms with E-state index in [2.05, 4.69) is 9.97 Å². The van der Waals surface area contributed by atoms with Crippen LogP contribution < -0.4 is 0 Å². The number of halogens is 1. The van der Waals surface area contributed by atoms with Crippen LogP contribution in [0.25, 0.3) is 22.6 Å². The third-order valence-electron chi connectivity index (χ3n) is 4.62. The summed E-state index contributed by atoms with van der Waals surface area (Å²) in [5.41, 5.74) is 2.47. The molecule has 0 aliphatic carbocycles. The molecule has 1 saturated heterocycles. The number of rotatable bonds is 2. The molecule has 7 nitrogen and oxygen atoms in total. The van der Waals surface area contributed by atoms with Crippen molar-refractivity contribution in [1.82, 2.24) is 19.8 Å². The van der Waals surface area contributed by atoms with Crippen molar-refractivity contribution in [1.29, 1.82) is 0 Å². The van der Waals surface area contributed by atoms with Crippen molar-refractivity contribution in [2.24, 2.45) is 0 Å². The van der Waals surface area contributed by atoms with Crippen molar-refractivity contribution in [2.75, 3.05) is 26.2 Å². The van der Waals surface area contributed by atoms with Gasteiger partial charge in [-0.25, -0.2) is 9.97 Å². The number of piperazine rings is 1. The second-order valence-electron chi connectivity index (χ2n) is 6.37. The Labute approximate surface area is 160 Å². The lowest BCUT2D eigenvalue weighted by molar-refractivity contribution is -0.130. The number of nitrogens with zero attached hydrogens (tertiary/aromatic N) is 4. The topological polar surface area (TPSA) is 79.5 Å². The Morgan fingerprint density at radius 3 is 2.52 bits per heavy atom. The quantitative estimate of drug-likeness (QED) is 0.635. The summed E-state index contributed by atoms with van der Waals surface area (Å²) in [4.78, 5) is 36.1. The van der Waals surface area contributed by atoms with Gasteiger partial charge in [-0.1, -0.05) is 11.6 Å². The molecule has 0 N–H and O–H groups in total. The van der Waals surface area contributed by atoms with Gasteiger partial charge in [-0.3, -0.25) is 9.59 Å². The van der Waals surface area contributed by atoms with Crippen molar-refractivity contribution in [3.8, 4) is 11.5 Å². The maximum atomic E-state index is 12.8. The summed E-state index contributed by atoms with van der Waals surface area (Å²) in [5, 5.41) is 0.357.